The topological polar surface area (TPSA) is 52.6 Å². The summed E-state index contributed by atoms with van der Waals surface area (Å²) >= 11 is 0. The van der Waals surface area contributed by atoms with Crippen molar-refractivity contribution in [2.45, 2.75) is 70.9 Å². The first-order chi connectivity index (χ1) is 16.8. The van der Waals surface area contributed by atoms with E-state index < -0.39 is 8.32 Å². The van der Waals surface area contributed by atoms with Gasteiger partial charge in [0.15, 0.2) is 5.78 Å². The summed E-state index contributed by atoms with van der Waals surface area (Å²) < 4.78 is 12.0. The van der Waals surface area contributed by atoms with Crippen molar-refractivity contribution in [2.75, 3.05) is 6.61 Å². The predicted molar refractivity (Wildman–Crippen MR) is 143 cm³/mol. The van der Waals surface area contributed by atoms with E-state index in [9.17, 15) is 9.59 Å². The second kappa shape index (κ2) is 12.1. The molecule has 2 aromatic rings. The number of hydrogen-bond donors (Lipinski definition) is 0. The highest BCUT2D eigenvalue weighted by Crippen LogP contribution is 2.39. The lowest BCUT2D eigenvalue weighted by atomic mass is 10.1. The third-order valence-electron chi connectivity index (χ3n) is 6.27. The van der Waals surface area contributed by atoms with Gasteiger partial charge in [-0.15, -0.1) is 5.92 Å². The van der Waals surface area contributed by atoms with Crippen LogP contribution in [0.2, 0.25) is 5.04 Å². The molecule has 2 aromatic carbocycles. The molecule has 35 heavy (non-hydrogen) atoms. The fraction of sp³-hybridized carbons (Fsp3) is 0.400. The predicted octanol–water partition coefficient (Wildman–Crippen LogP) is 4.96. The maximum Gasteiger partial charge on any atom is 0.305 e. The van der Waals surface area contributed by atoms with Crippen LogP contribution in [-0.2, 0) is 18.8 Å². The maximum atomic E-state index is 12.8. The number of carbonyl (C=O) groups excluding carboxylic acids is 2. The second-order valence-corrected chi connectivity index (χ2v) is 14.1. The second-order valence-electron chi connectivity index (χ2n) is 9.83. The number of benzene rings is 2. The van der Waals surface area contributed by atoms with Gasteiger partial charge in [0, 0.05) is 31.3 Å². The molecule has 0 amide bonds. The lowest BCUT2D eigenvalue weighted by Crippen LogP contribution is -2.67. The van der Waals surface area contributed by atoms with Crippen LogP contribution in [0, 0.1) is 11.8 Å². The van der Waals surface area contributed by atoms with Gasteiger partial charge in [-0.3, -0.25) is 9.59 Å². The van der Waals surface area contributed by atoms with Crippen LogP contribution in [0.4, 0.5) is 0 Å². The summed E-state index contributed by atoms with van der Waals surface area (Å²) in [6, 6.07) is 20.9. The van der Waals surface area contributed by atoms with Gasteiger partial charge in [0.2, 0.25) is 0 Å². The summed E-state index contributed by atoms with van der Waals surface area (Å²) in [5.41, 5.74) is 0.728. The van der Waals surface area contributed by atoms with E-state index in [4.69, 9.17) is 9.16 Å². The molecule has 1 aliphatic rings. The number of Topliss-reactive ketones (excluding diaryl/α,β-unsaturated/α-hetero) is 1. The van der Waals surface area contributed by atoms with E-state index in [2.05, 4.69) is 81.1 Å². The van der Waals surface area contributed by atoms with Gasteiger partial charge in [0.05, 0.1) is 12.7 Å². The molecule has 1 aliphatic carbocycles. The number of rotatable bonds is 9. The van der Waals surface area contributed by atoms with Crippen molar-refractivity contribution < 1.29 is 18.8 Å². The maximum absolute atomic E-state index is 12.8. The lowest BCUT2D eigenvalue weighted by molar-refractivity contribution is -0.143. The van der Waals surface area contributed by atoms with Crippen molar-refractivity contribution in [3.63, 3.8) is 0 Å². The summed E-state index contributed by atoms with van der Waals surface area (Å²) in [5.74, 6) is 6.11. The molecule has 0 saturated heterocycles. The zero-order valence-corrected chi connectivity index (χ0v) is 22.3. The zero-order chi connectivity index (χ0) is 25.3. The van der Waals surface area contributed by atoms with Gasteiger partial charge in [-0.05, 0) is 34.8 Å². The Labute approximate surface area is 210 Å². The fourth-order valence-corrected chi connectivity index (χ4v) is 9.26. The summed E-state index contributed by atoms with van der Waals surface area (Å²) in [6.45, 7) is 8.92. The molecule has 0 bridgehead atoms. The highest BCUT2D eigenvalue weighted by Gasteiger charge is 2.51. The first kappa shape index (κ1) is 26.7. The molecular weight excluding hydrogens is 452 g/mol. The third kappa shape index (κ3) is 6.59. The average Bonchev–Trinajstić information content (AvgIpc) is 3.19. The number of allylic oxidation sites excluding steroid dienone is 1. The number of hydrogen-bond acceptors (Lipinski definition) is 4. The number of unbranched alkanes of at least 4 members (excludes halogenated alkanes) is 1. The number of carbonyl (C=O) groups is 2. The van der Waals surface area contributed by atoms with Gasteiger partial charge < -0.3 is 9.16 Å². The quantitative estimate of drug-likeness (QED) is 0.217. The Bertz CT molecular complexity index is 1050. The highest BCUT2D eigenvalue weighted by atomic mass is 28.4. The molecule has 0 unspecified atom stereocenters. The Balaban J connectivity index is 1.79. The van der Waals surface area contributed by atoms with Crippen LogP contribution in [0.1, 0.15) is 59.8 Å². The fourth-order valence-electron chi connectivity index (χ4n) is 4.64. The Hall–Kier alpha value is -2.94. The molecule has 0 fully saturated rings. The zero-order valence-electron chi connectivity index (χ0n) is 21.3. The molecule has 0 radical (unpaired) electrons. The monoisotopic (exact) mass is 488 g/mol. The first-order valence-corrected chi connectivity index (χ1v) is 14.3. The van der Waals surface area contributed by atoms with Crippen LogP contribution < -0.4 is 10.4 Å². The molecule has 0 saturated carbocycles. The van der Waals surface area contributed by atoms with E-state index in [1.54, 1.807) is 6.92 Å². The highest BCUT2D eigenvalue weighted by molar-refractivity contribution is 6.99. The molecule has 184 valence electrons. The van der Waals surface area contributed by atoms with Crippen LogP contribution in [-0.4, -0.2) is 32.8 Å². The Kier molecular flexibility index (Phi) is 9.25. The molecule has 3 rings (SSSR count). The summed E-state index contributed by atoms with van der Waals surface area (Å²) in [6.07, 6.45) is 4.13. The van der Waals surface area contributed by atoms with E-state index in [0.717, 1.165) is 5.57 Å². The van der Waals surface area contributed by atoms with Gasteiger partial charge in [-0.25, -0.2) is 0 Å². The standard InChI is InChI=1S/C30H36O4Si/c1-5-33-29(32)21-15-7-6-10-16-24-22-25(23-28(24)31)34-35(30(2,3)4,26-17-11-8-12-18-26)27-19-13-9-14-20-27/h8-9,11-14,17-20,22,25H,5,7,15-16,21,23H2,1-4H3/t25-/m0/s1. The molecule has 5 heteroatoms. The molecule has 1 atom stereocenters. The van der Waals surface area contributed by atoms with Crippen LogP contribution >= 0.6 is 0 Å². The largest absolute Gasteiger partial charge is 0.466 e. The summed E-state index contributed by atoms with van der Waals surface area (Å²) in [7, 11) is -2.72. The molecular formula is C30H36O4Si. The van der Waals surface area contributed by atoms with Crippen molar-refractivity contribution in [1.29, 1.82) is 0 Å². The molecule has 0 aromatic heterocycles. The molecule has 0 aliphatic heterocycles. The van der Waals surface area contributed by atoms with Gasteiger partial charge in [-0.2, -0.15) is 0 Å². The summed E-state index contributed by atoms with van der Waals surface area (Å²) in [4.78, 5) is 24.2. The van der Waals surface area contributed by atoms with E-state index in [1.165, 1.54) is 10.4 Å². The van der Waals surface area contributed by atoms with Gasteiger partial charge >= 0.3 is 5.97 Å². The number of ether oxygens (including phenoxy) is 1. The minimum atomic E-state index is -2.72. The Morgan fingerprint density at radius 1 is 1.00 bits per heavy atom. The third-order valence-corrected chi connectivity index (χ3v) is 11.3. The van der Waals surface area contributed by atoms with Crippen molar-refractivity contribution in [3.8, 4) is 11.8 Å². The smallest absolute Gasteiger partial charge is 0.305 e. The van der Waals surface area contributed by atoms with Crippen LogP contribution in [0.3, 0.4) is 0 Å². The Morgan fingerprint density at radius 2 is 1.60 bits per heavy atom. The Morgan fingerprint density at radius 3 is 2.14 bits per heavy atom. The van der Waals surface area contributed by atoms with Crippen molar-refractivity contribution >= 4 is 30.4 Å². The van der Waals surface area contributed by atoms with Crippen molar-refractivity contribution in [2.24, 2.45) is 0 Å². The molecule has 0 heterocycles. The molecule has 0 N–H and O–H groups in total. The summed E-state index contributed by atoms with van der Waals surface area (Å²) in [5, 5.41) is 2.26. The van der Waals surface area contributed by atoms with Gasteiger partial charge in [0.25, 0.3) is 8.32 Å². The molecule has 4 nitrogen and oxygen atoms in total. The minimum Gasteiger partial charge on any atom is -0.466 e. The van der Waals surface area contributed by atoms with Gasteiger partial charge in [-0.1, -0.05) is 87.4 Å². The van der Waals surface area contributed by atoms with Crippen LogP contribution in [0.15, 0.2) is 72.3 Å². The van der Waals surface area contributed by atoms with E-state index in [0.29, 0.717) is 38.7 Å². The first-order valence-electron chi connectivity index (χ1n) is 12.4. The van der Waals surface area contributed by atoms with E-state index in [1.807, 2.05) is 18.2 Å². The van der Waals surface area contributed by atoms with E-state index in [-0.39, 0.29) is 22.9 Å². The number of ketones is 1. The van der Waals surface area contributed by atoms with Crippen LogP contribution in [0.5, 0.6) is 0 Å². The normalized spacial score (nSPS) is 15.8. The van der Waals surface area contributed by atoms with Crippen molar-refractivity contribution in [3.05, 3.63) is 72.3 Å². The van der Waals surface area contributed by atoms with Crippen LogP contribution in [0.25, 0.3) is 0 Å². The lowest BCUT2D eigenvalue weighted by Gasteiger charge is -2.44. The minimum absolute atomic E-state index is 0.105. The average molecular weight is 489 g/mol. The van der Waals surface area contributed by atoms with Gasteiger partial charge in [0.1, 0.15) is 0 Å². The number of esters is 1. The SMILES string of the molecule is CCOC(=O)CCCC#CCC1=C[C@H](O[Si](c2ccccc2)(c2ccccc2)C(C)(C)C)CC1=O. The van der Waals surface area contributed by atoms with Crippen molar-refractivity contribution in [1.82, 2.24) is 0 Å². The molecule has 0 spiro atoms. The van der Waals surface area contributed by atoms with E-state index >= 15 is 0 Å².